The van der Waals surface area contributed by atoms with Gasteiger partial charge < -0.3 is 10.8 Å². The fourth-order valence-electron chi connectivity index (χ4n) is 2.57. The zero-order valence-electron chi connectivity index (χ0n) is 13.6. The van der Waals surface area contributed by atoms with Gasteiger partial charge in [-0.05, 0) is 25.1 Å². The van der Waals surface area contributed by atoms with Gasteiger partial charge in [0.05, 0.1) is 22.5 Å². The van der Waals surface area contributed by atoms with Gasteiger partial charge in [0.25, 0.3) is 0 Å². The first kappa shape index (κ1) is 16.8. The third-order valence-electron chi connectivity index (χ3n) is 3.68. The molecule has 0 saturated heterocycles. The molecule has 3 aromatic rings. The number of anilines is 1. The van der Waals surface area contributed by atoms with Gasteiger partial charge in [-0.1, -0.05) is 12.1 Å². The van der Waals surface area contributed by atoms with E-state index in [9.17, 15) is 13.5 Å². The Morgan fingerprint density at radius 2 is 1.72 bits per heavy atom. The molecule has 3 rings (SSSR count). The molecule has 0 unspecified atom stereocenters. The number of nitrogens with two attached hydrogens (primary N) is 1. The minimum Gasteiger partial charge on any atom is -0.506 e. The molecule has 2 aromatic heterocycles. The van der Waals surface area contributed by atoms with Gasteiger partial charge in [0.2, 0.25) is 5.95 Å². The van der Waals surface area contributed by atoms with Crippen LogP contribution in [0.1, 0.15) is 5.69 Å². The summed E-state index contributed by atoms with van der Waals surface area (Å²) in [5, 5.41) is 9.71. The van der Waals surface area contributed by atoms with E-state index in [0.717, 1.165) is 6.26 Å². The largest absolute Gasteiger partial charge is 0.506 e. The van der Waals surface area contributed by atoms with E-state index >= 15 is 0 Å². The molecule has 0 bridgehead atoms. The van der Waals surface area contributed by atoms with Crippen molar-refractivity contribution >= 4 is 15.8 Å². The number of nitrogens with zero attached hydrogens (tertiary/aromatic N) is 3. The maximum Gasteiger partial charge on any atom is 0.220 e. The molecule has 7 nitrogen and oxygen atoms in total. The standard InChI is InChI=1S/C17H16N4O3S/c1-10-15(12-7-13(22)9-19-8-12)16(21-17(18)20-10)11-3-5-14(6-4-11)25(2,23)24/h3-9,22H,1-2H3,(H2,18,20,21). The molecule has 0 atom stereocenters. The minimum absolute atomic E-state index is 0.0205. The monoisotopic (exact) mass is 356 g/mol. The Balaban J connectivity index is 2.22. The second-order valence-corrected chi connectivity index (χ2v) is 7.63. The van der Waals surface area contributed by atoms with Gasteiger partial charge in [-0.3, -0.25) is 4.98 Å². The lowest BCUT2D eigenvalue weighted by molar-refractivity contribution is 0.473. The fourth-order valence-corrected chi connectivity index (χ4v) is 3.20. The highest BCUT2D eigenvalue weighted by Crippen LogP contribution is 2.34. The molecule has 0 aliphatic heterocycles. The molecule has 1 aromatic carbocycles. The molecule has 0 aliphatic rings. The number of aryl methyl sites for hydroxylation is 1. The molecule has 0 spiro atoms. The molecule has 2 heterocycles. The van der Waals surface area contributed by atoms with Crippen LogP contribution in [0.15, 0.2) is 47.6 Å². The predicted octanol–water partition coefficient (Wildman–Crippen LogP) is 2.21. The van der Waals surface area contributed by atoms with E-state index in [-0.39, 0.29) is 16.6 Å². The van der Waals surface area contributed by atoms with Crippen LogP contribution in [0.2, 0.25) is 0 Å². The quantitative estimate of drug-likeness (QED) is 0.738. The molecule has 128 valence electrons. The zero-order chi connectivity index (χ0) is 18.2. The number of sulfone groups is 1. The summed E-state index contributed by atoms with van der Waals surface area (Å²) in [5.41, 5.74) is 8.95. The number of benzene rings is 1. The first-order chi connectivity index (χ1) is 11.8. The van der Waals surface area contributed by atoms with Crippen molar-refractivity contribution in [2.75, 3.05) is 12.0 Å². The van der Waals surface area contributed by atoms with Crippen molar-refractivity contribution in [3.63, 3.8) is 0 Å². The van der Waals surface area contributed by atoms with Crippen LogP contribution in [-0.4, -0.2) is 34.7 Å². The third-order valence-corrected chi connectivity index (χ3v) is 4.80. The second-order valence-electron chi connectivity index (χ2n) is 5.62. The van der Waals surface area contributed by atoms with E-state index in [4.69, 9.17) is 5.73 Å². The summed E-state index contributed by atoms with van der Waals surface area (Å²) >= 11 is 0. The summed E-state index contributed by atoms with van der Waals surface area (Å²) in [6.45, 7) is 1.78. The summed E-state index contributed by atoms with van der Waals surface area (Å²) in [7, 11) is -3.29. The van der Waals surface area contributed by atoms with Crippen molar-refractivity contribution in [2.45, 2.75) is 11.8 Å². The number of hydrogen-bond donors (Lipinski definition) is 2. The number of hydrogen-bond acceptors (Lipinski definition) is 7. The molecule has 25 heavy (non-hydrogen) atoms. The van der Waals surface area contributed by atoms with Crippen LogP contribution >= 0.6 is 0 Å². The summed E-state index contributed by atoms with van der Waals surface area (Å²) in [6, 6.07) is 7.92. The number of aromatic nitrogens is 3. The van der Waals surface area contributed by atoms with E-state index in [1.54, 1.807) is 31.3 Å². The molecule has 0 aliphatic carbocycles. The topological polar surface area (TPSA) is 119 Å². The SMILES string of the molecule is Cc1nc(N)nc(-c2ccc(S(C)(=O)=O)cc2)c1-c1cncc(O)c1. The molecule has 0 saturated carbocycles. The molecular formula is C17H16N4O3S. The first-order valence-electron chi connectivity index (χ1n) is 7.34. The molecule has 0 amide bonds. The van der Waals surface area contributed by atoms with Crippen LogP contribution in [0, 0.1) is 6.92 Å². The maximum absolute atomic E-state index is 11.6. The summed E-state index contributed by atoms with van der Waals surface area (Å²) in [5.74, 6) is 0.128. The van der Waals surface area contributed by atoms with Crippen molar-refractivity contribution in [1.82, 2.24) is 15.0 Å². The third kappa shape index (κ3) is 3.43. The average molecular weight is 356 g/mol. The van der Waals surface area contributed by atoms with E-state index in [1.807, 2.05) is 0 Å². The number of aromatic hydroxyl groups is 1. The van der Waals surface area contributed by atoms with Gasteiger partial charge in [0.1, 0.15) is 5.75 Å². The van der Waals surface area contributed by atoms with Crippen molar-refractivity contribution in [1.29, 1.82) is 0 Å². The summed E-state index contributed by atoms with van der Waals surface area (Å²) in [4.78, 5) is 12.7. The van der Waals surface area contributed by atoms with Crippen LogP contribution in [0.3, 0.4) is 0 Å². The Morgan fingerprint density at radius 1 is 1.04 bits per heavy atom. The second kappa shape index (κ2) is 6.14. The van der Waals surface area contributed by atoms with Gasteiger partial charge in [-0.15, -0.1) is 0 Å². The normalized spacial score (nSPS) is 11.4. The molecule has 8 heteroatoms. The fraction of sp³-hybridized carbons (Fsp3) is 0.118. The number of rotatable bonds is 3. The van der Waals surface area contributed by atoms with Crippen molar-refractivity contribution in [3.8, 4) is 28.1 Å². The predicted molar refractivity (Wildman–Crippen MR) is 94.6 cm³/mol. The first-order valence-corrected chi connectivity index (χ1v) is 9.24. The Kier molecular flexibility index (Phi) is 4.13. The van der Waals surface area contributed by atoms with Gasteiger partial charge in [-0.2, -0.15) is 0 Å². The van der Waals surface area contributed by atoms with E-state index in [0.29, 0.717) is 28.1 Å². The minimum atomic E-state index is -3.29. The highest BCUT2D eigenvalue weighted by atomic mass is 32.2. The van der Waals surface area contributed by atoms with Crippen LogP contribution in [0.5, 0.6) is 5.75 Å². The van der Waals surface area contributed by atoms with Crippen molar-refractivity contribution in [2.24, 2.45) is 0 Å². The number of pyridine rings is 1. The highest BCUT2D eigenvalue weighted by Gasteiger charge is 2.16. The smallest absolute Gasteiger partial charge is 0.220 e. The van der Waals surface area contributed by atoms with Crippen LogP contribution in [0.4, 0.5) is 5.95 Å². The van der Waals surface area contributed by atoms with Crippen molar-refractivity contribution in [3.05, 3.63) is 48.4 Å². The Labute approximate surface area is 145 Å². The van der Waals surface area contributed by atoms with Crippen LogP contribution in [-0.2, 0) is 9.84 Å². The van der Waals surface area contributed by atoms with Crippen molar-refractivity contribution < 1.29 is 13.5 Å². The van der Waals surface area contributed by atoms with Gasteiger partial charge in [-0.25, -0.2) is 18.4 Å². The zero-order valence-corrected chi connectivity index (χ0v) is 14.4. The average Bonchev–Trinajstić information content (AvgIpc) is 2.53. The van der Waals surface area contributed by atoms with E-state index in [1.165, 1.54) is 18.3 Å². The molecule has 3 N–H and O–H groups in total. The summed E-state index contributed by atoms with van der Waals surface area (Å²) < 4.78 is 23.3. The van der Waals surface area contributed by atoms with Crippen LogP contribution < -0.4 is 5.73 Å². The van der Waals surface area contributed by atoms with E-state index in [2.05, 4.69) is 15.0 Å². The lowest BCUT2D eigenvalue weighted by atomic mass is 9.99. The Bertz CT molecular complexity index is 1050. The number of nitrogen functional groups attached to an aromatic ring is 1. The summed E-state index contributed by atoms with van der Waals surface area (Å²) in [6.07, 6.45) is 4.08. The Morgan fingerprint density at radius 3 is 2.32 bits per heavy atom. The molecule has 0 fully saturated rings. The lowest BCUT2D eigenvalue weighted by Gasteiger charge is -2.13. The van der Waals surface area contributed by atoms with Gasteiger partial charge in [0, 0.05) is 29.1 Å². The van der Waals surface area contributed by atoms with Crippen LogP contribution in [0.25, 0.3) is 22.4 Å². The highest BCUT2D eigenvalue weighted by molar-refractivity contribution is 7.90. The molecule has 0 radical (unpaired) electrons. The maximum atomic E-state index is 11.6. The van der Waals surface area contributed by atoms with E-state index < -0.39 is 9.84 Å². The lowest BCUT2D eigenvalue weighted by Crippen LogP contribution is -2.03. The molecular weight excluding hydrogens is 340 g/mol. The Hall–Kier alpha value is -3.00. The van der Waals surface area contributed by atoms with Gasteiger partial charge in [0.15, 0.2) is 9.84 Å². The van der Waals surface area contributed by atoms with Gasteiger partial charge >= 0.3 is 0 Å².